The van der Waals surface area contributed by atoms with Gasteiger partial charge >= 0.3 is 0 Å². The summed E-state index contributed by atoms with van der Waals surface area (Å²) in [6.07, 6.45) is 7.81. The van der Waals surface area contributed by atoms with E-state index in [-0.39, 0.29) is 0 Å². The molecule has 1 N–H and O–H groups in total. The lowest BCUT2D eigenvalue weighted by molar-refractivity contribution is 0.284. The van der Waals surface area contributed by atoms with E-state index in [1.54, 1.807) is 7.11 Å². The van der Waals surface area contributed by atoms with E-state index in [4.69, 9.17) is 32.7 Å². The summed E-state index contributed by atoms with van der Waals surface area (Å²) < 4.78 is 11.4. The van der Waals surface area contributed by atoms with Crippen LogP contribution in [0.1, 0.15) is 56.6 Å². The molecular formula is C23H31Cl2NO2. The van der Waals surface area contributed by atoms with E-state index in [1.165, 1.54) is 38.5 Å². The van der Waals surface area contributed by atoms with Gasteiger partial charge in [0.2, 0.25) is 0 Å². The van der Waals surface area contributed by atoms with Crippen molar-refractivity contribution in [2.24, 2.45) is 0 Å². The van der Waals surface area contributed by atoms with E-state index < -0.39 is 0 Å². The van der Waals surface area contributed by atoms with E-state index in [2.05, 4.69) is 12.2 Å². The first-order valence-corrected chi connectivity index (χ1v) is 10.8. The lowest BCUT2D eigenvalue weighted by Gasteiger charge is -2.15. The Bertz CT molecular complexity index is 704. The second-order valence-electron chi connectivity index (χ2n) is 6.97. The van der Waals surface area contributed by atoms with Crippen LogP contribution in [-0.2, 0) is 13.2 Å². The highest BCUT2D eigenvalue weighted by molar-refractivity contribution is 6.32. The minimum absolute atomic E-state index is 0.406. The number of benzene rings is 2. The van der Waals surface area contributed by atoms with E-state index in [1.807, 2.05) is 36.4 Å². The van der Waals surface area contributed by atoms with Gasteiger partial charge in [-0.2, -0.15) is 0 Å². The molecular weight excluding hydrogens is 393 g/mol. The van der Waals surface area contributed by atoms with Crippen molar-refractivity contribution in [3.8, 4) is 11.5 Å². The average molecular weight is 424 g/mol. The predicted octanol–water partition coefficient (Wildman–Crippen LogP) is 7.03. The van der Waals surface area contributed by atoms with Gasteiger partial charge in [-0.3, -0.25) is 0 Å². The maximum absolute atomic E-state index is 6.46. The van der Waals surface area contributed by atoms with Crippen LogP contribution in [-0.4, -0.2) is 13.7 Å². The second-order valence-corrected chi connectivity index (χ2v) is 7.81. The van der Waals surface area contributed by atoms with Crippen molar-refractivity contribution in [1.29, 1.82) is 0 Å². The maximum atomic E-state index is 6.46. The SMILES string of the molecule is CCCCCCCCNCc1cc(Cl)c(OCc2ccc(Cl)cc2)c(OC)c1. The van der Waals surface area contributed by atoms with Crippen LogP contribution in [0.4, 0.5) is 0 Å². The number of rotatable bonds is 13. The summed E-state index contributed by atoms with van der Waals surface area (Å²) in [6.45, 7) is 4.43. The molecule has 5 heteroatoms. The van der Waals surface area contributed by atoms with Gasteiger partial charge in [0.25, 0.3) is 0 Å². The maximum Gasteiger partial charge on any atom is 0.180 e. The Kier molecular flexibility index (Phi) is 10.6. The first-order chi connectivity index (χ1) is 13.6. The molecule has 0 atom stereocenters. The largest absolute Gasteiger partial charge is 0.493 e. The molecule has 0 amide bonds. The molecule has 0 unspecified atom stereocenters. The van der Waals surface area contributed by atoms with Gasteiger partial charge in [0.05, 0.1) is 12.1 Å². The van der Waals surface area contributed by atoms with Crippen molar-refractivity contribution in [3.05, 3.63) is 57.6 Å². The number of hydrogen-bond donors (Lipinski definition) is 1. The van der Waals surface area contributed by atoms with Gasteiger partial charge in [0.1, 0.15) is 6.61 Å². The van der Waals surface area contributed by atoms with Crippen LogP contribution in [0.15, 0.2) is 36.4 Å². The Morgan fingerprint density at radius 3 is 2.32 bits per heavy atom. The second kappa shape index (κ2) is 12.9. The summed E-state index contributed by atoms with van der Waals surface area (Å²) >= 11 is 12.4. The highest BCUT2D eigenvalue weighted by Gasteiger charge is 2.12. The lowest BCUT2D eigenvalue weighted by Crippen LogP contribution is -2.14. The Labute approximate surface area is 179 Å². The monoisotopic (exact) mass is 423 g/mol. The molecule has 2 aromatic carbocycles. The van der Waals surface area contributed by atoms with Crippen molar-refractivity contribution in [1.82, 2.24) is 5.32 Å². The van der Waals surface area contributed by atoms with E-state index >= 15 is 0 Å². The minimum Gasteiger partial charge on any atom is -0.493 e. The molecule has 0 fully saturated rings. The Hall–Kier alpha value is -1.42. The number of nitrogens with one attached hydrogen (secondary N) is 1. The van der Waals surface area contributed by atoms with Gasteiger partial charge in [-0.1, -0.05) is 74.4 Å². The molecule has 0 aliphatic carbocycles. The van der Waals surface area contributed by atoms with Gasteiger partial charge < -0.3 is 14.8 Å². The van der Waals surface area contributed by atoms with E-state index in [0.717, 1.165) is 24.2 Å². The van der Waals surface area contributed by atoms with Crippen molar-refractivity contribution in [3.63, 3.8) is 0 Å². The zero-order chi connectivity index (χ0) is 20.2. The third kappa shape index (κ3) is 7.90. The quantitative estimate of drug-likeness (QED) is 0.350. The van der Waals surface area contributed by atoms with Crippen LogP contribution in [0.5, 0.6) is 11.5 Å². The molecule has 3 nitrogen and oxygen atoms in total. The summed E-state index contributed by atoms with van der Waals surface area (Å²) in [6, 6.07) is 11.5. The van der Waals surface area contributed by atoms with Gasteiger partial charge in [-0.15, -0.1) is 0 Å². The average Bonchev–Trinajstić information content (AvgIpc) is 2.70. The molecule has 0 spiro atoms. The molecule has 2 aromatic rings. The standard InChI is InChI=1S/C23H31Cl2NO2/c1-3-4-5-6-7-8-13-26-16-19-14-21(25)23(22(15-19)27-2)28-17-18-9-11-20(24)12-10-18/h9-12,14-15,26H,3-8,13,16-17H2,1-2H3. The molecule has 0 bridgehead atoms. The number of ether oxygens (including phenoxy) is 2. The zero-order valence-corrected chi connectivity index (χ0v) is 18.4. The predicted molar refractivity (Wildman–Crippen MR) is 119 cm³/mol. The fourth-order valence-electron chi connectivity index (χ4n) is 3.01. The molecule has 154 valence electrons. The Morgan fingerprint density at radius 1 is 0.893 bits per heavy atom. The van der Waals surface area contributed by atoms with E-state index in [9.17, 15) is 0 Å². The van der Waals surface area contributed by atoms with E-state index in [0.29, 0.717) is 28.2 Å². The van der Waals surface area contributed by atoms with Gasteiger partial charge in [0.15, 0.2) is 11.5 Å². The number of halogens is 2. The van der Waals surface area contributed by atoms with Crippen LogP contribution in [0.25, 0.3) is 0 Å². The van der Waals surface area contributed by atoms with Crippen LogP contribution < -0.4 is 14.8 Å². The topological polar surface area (TPSA) is 30.5 Å². The smallest absolute Gasteiger partial charge is 0.180 e. The number of unbranched alkanes of at least 4 members (excludes halogenated alkanes) is 5. The molecule has 0 aliphatic heterocycles. The van der Waals surface area contributed by atoms with Crippen LogP contribution >= 0.6 is 23.2 Å². The molecule has 28 heavy (non-hydrogen) atoms. The van der Waals surface area contributed by atoms with Gasteiger partial charge in [0, 0.05) is 11.6 Å². The normalized spacial score (nSPS) is 10.9. The Balaban J connectivity index is 1.83. The highest BCUT2D eigenvalue weighted by atomic mass is 35.5. The van der Waals surface area contributed by atoms with Crippen LogP contribution in [0, 0.1) is 0 Å². The molecule has 0 heterocycles. The minimum atomic E-state index is 0.406. The fourth-order valence-corrected chi connectivity index (χ4v) is 3.43. The van der Waals surface area contributed by atoms with Gasteiger partial charge in [-0.25, -0.2) is 0 Å². The van der Waals surface area contributed by atoms with Crippen molar-refractivity contribution in [2.75, 3.05) is 13.7 Å². The molecule has 0 radical (unpaired) electrons. The molecule has 0 saturated heterocycles. The summed E-state index contributed by atoms with van der Waals surface area (Å²) in [7, 11) is 1.63. The first-order valence-electron chi connectivity index (χ1n) is 10.1. The summed E-state index contributed by atoms with van der Waals surface area (Å²) in [4.78, 5) is 0. The van der Waals surface area contributed by atoms with Crippen LogP contribution in [0.3, 0.4) is 0 Å². The first kappa shape index (κ1) is 22.9. The highest BCUT2D eigenvalue weighted by Crippen LogP contribution is 2.37. The number of hydrogen-bond acceptors (Lipinski definition) is 3. The van der Waals surface area contributed by atoms with Crippen molar-refractivity contribution in [2.45, 2.75) is 58.6 Å². The number of methoxy groups -OCH3 is 1. The fraction of sp³-hybridized carbons (Fsp3) is 0.478. The van der Waals surface area contributed by atoms with Gasteiger partial charge in [-0.05, 0) is 48.4 Å². The summed E-state index contributed by atoms with van der Waals surface area (Å²) in [5.74, 6) is 1.22. The molecule has 2 rings (SSSR count). The molecule has 0 aliphatic rings. The van der Waals surface area contributed by atoms with Crippen molar-refractivity contribution < 1.29 is 9.47 Å². The summed E-state index contributed by atoms with van der Waals surface area (Å²) in [5.41, 5.74) is 2.11. The zero-order valence-electron chi connectivity index (χ0n) is 16.9. The molecule has 0 saturated carbocycles. The van der Waals surface area contributed by atoms with Crippen molar-refractivity contribution >= 4 is 23.2 Å². The Morgan fingerprint density at radius 2 is 1.61 bits per heavy atom. The van der Waals surface area contributed by atoms with Crippen LogP contribution in [0.2, 0.25) is 10.0 Å². The summed E-state index contributed by atoms with van der Waals surface area (Å²) in [5, 5.41) is 4.75. The molecule has 0 aromatic heterocycles. The third-order valence-electron chi connectivity index (χ3n) is 4.62. The lowest BCUT2D eigenvalue weighted by atomic mass is 10.1. The third-order valence-corrected chi connectivity index (χ3v) is 5.15.